The van der Waals surface area contributed by atoms with Crippen molar-refractivity contribution in [3.05, 3.63) is 27.8 Å². The largest absolute Gasteiger partial charge is 0.460 e. The second-order valence-corrected chi connectivity index (χ2v) is 8.84. The molecule has 1 aliphatic rings. The fourth-order valence-corrected chi connectivity index (χ4v) is 3.72. The average molecular weight is 589 g/mol. The van der Waals surface area contributed by atoms with E-state index < -0.39 is 68.3 Å². The SMILES string of the molecule is O=C[C@H](O)[C@@H](O)[C@@H](O)[C@H](O)CO.OC[C@H]1O[C@@H](Oc2c[nH]c3ccc(Br)c(Cl)c23)[C@H](O)[C@@H](O)[C@H]1O. The maximum Gasteiger partial charge on any atom is 0.229 e. The Bertz CT molecular complexity index is 962. The summed E-state index contributed by atoms with van der Waals surface area (Å²) in [5.41, 5.74) is 0.720. The van der Waals surface area contributed by atoms with Crippen LogP contribution >= 0.6 is 27.5 Å². The smallest absolute Gasteiger partial charge is 0.229 e. The molecule has 1 aromatic heterocycles. The van der Waals surface area contributed by atoms with Gasteiger partial charge in [-0.3, -0.25) is 0 Å². The first-order valence-corrected chi connectivity index (χ1v) is 11.4. The maximum absolute atomic E-state index is 10.0. The second-order valence-electron chi connectivity index (χ2n) is 7.61. The van der Waals surface area contributed by atoms with Crippen molar-refractivity contribution in [3.8, 4) is 5.75 Å². The van der Waals surface area contributed by atoms with Crippen molar-refractivity contribution in [2.24, 2.45) is 0 Å². The van der Waals surface area contributed by atoms with Gasteiger partial charge in [-0.1, -0.05) is 11.6 Å². The highest BCUT2D eigenvalue weighted by molar-refractivity contribution is 9.10. The fourth-order valence-electron chi connectivity index (χ4n) is 3.13. The average Bonchev–Trinajstić information content (AvgIpc) is 3.28. The monoisotopic (exact) mass is 587 g/mol. The van der Waals surface area contributed by atoms with E-state index in [0.29, 0.717) is 20.6 Å². The van der Waals surface area contributed by atoms with Crippen LogP contribution in [0.15, 0.2) is 22.8 Å². The van der Waals surface area contributed by atoms with Crippen LogP contribution in [0.2, 0.25) is 5.02 Å². The third kappa shape index (κ3) is 6.88. The lowest BCUT2D eigenvalue weighted by molar-refractivity contribution is -0.277. The standard InChI is InChI=1S/C14H15BrClNO6.C6H12O6/c15-5-1-2-6-9(10(5)16)7(3-17-6)22-14-13(21)12(20)11(19)8(4-18)23-14;7-1-3(9)5(11)6(12)4(10)2-8/h1-3,8,11-14,17-21H,4H2;1,3-6,8-12H,2H2/t8-,11+,12+,13-,14-;3-,4+,5+,6-/m10/s1. The van der Waals surface area contributed by atoms with E-state index in [1.54, 1.807) is 18.3 Å². The summed E-state index contributed by atoms with van der Waals surface area (Å²) in [6.45, 7) is -1.28. The Labute approximate surface area is 211 Å². The van der Waals surface area contributed by atoms with Gasteiger partial charge in [0.25, 0.3) is 0 Å². The predicted molar refractivity (Wildman–Crippen MR) is 123 cm³/mol. The number of halogens is 2. The second kappa shape index (κ2) is 13.2. The first kappa shape index (κ1) is 29.8. The number of nitrogens with one attached hydrogen (secondary N) is 1. The molecule has 2 heterocycles. The van der Waals surface area contributed by atoms with Crippen LogP contribution in [0.25, 0.3) is 10.9 Å². The number of carbonyl (C=O) groups is 1. The van der Waals surface area contributed by atoms with Crippen molar-refractivity contribution >= 4 is 44.7 Å². The zero-order chi connectivity index (χ0) is 26.4. The topological polar surface area (TPSA) is 233 Å². The zero-order valence-corrected chi connectivity index (χ0v) is 20.3. The number of hydrogen-bond acceptors (Lipinski definition) is 12. The number of aliphatic hydroxyl groups excluding tert-OH is 9. The summed E-state index contributed by atoms with van der Waals surface area (Å²) < 4.78 is 11.6. The molecule has 0 unspecified atom stereocenters. The molecule has 13 nitrogen and oxygen atoms in total. The Hall–Kier alpha value is -1.40. The van der Waals surface area contributed by atoms with E-state index in [4.69, 9.17) is 46.6 Å². The van der Waals surface area contributed by atoms with Crippen molar-refractivity contribution in [2.75, 3.05) is 13.2 Å². The lowest BCUT2D eigenvalue weighted by atomic mass is 9.99. The Kier molecular flexibility index (Phi) is 11.3. The van der Waals surface area contributed by atoms with E-state index in [1.165, 1.54) is 0 Å². The molecular weight excluding hydrogens is 562 g/mol. The third-order valence-electron chi connectivity index (χ3n) is 5.21. The van der Waals surface area contributed by atoms with Gasteiger partial charge in [0.2, 0.25) is 6.29 Å². The molecule has 9 atom stereocenters. The van der Waals surface area contributed by atoms with Crippen molar-refractivity contribution in [1.82, 2.24) is 4.98 Å². The normalized spacial score (nSPS) is 27.9. The molecular formula is C20H27BrClNO12. The summed E-state index contributed by atoms with van der Waals surface area (Å²) >= 11 is 9.58. The van der Waals surface area contributed by atoms with Gasteiger partial charge < -0.3 is 65.2 Å². The molecule has 15 heteroatoms. The van der Waals surface area contributed by atoms with Gasteiger partial charge in [0, 0.05) is 10.7 Å². The molecule has 10 N–H and O–H groups in total. The van der Waals surface area contributed by atoms with Gasteiger partial charge in [0.1, 0.15) is 54.6 Å². The molecule has 1 aromatic carbocycles. The van der Waals surface area contributed by atoms with Crippen LogP contribution in [-0.2, 0) is 9.53 Å². The van der Waals surface area contributed by atoms with E-state index in [2.05, 4.69) is 20.9 Å². The Morgan fingerprint density at radius 3 is 2.31 bits per heavy atom. The summed E-state index contributed by atoms with van der Waals surface area (Å²) in [5, 5.41) is 83.3. The Morgan fingerprint density at radius 2 is 1.74 bits per heavy atom. The summed E-state index contributed by atoms with van der Waals surface area (Å²) in [6.07, 6.45) is -12.0. The van der Waals surface area contributed by atoms with Crippen LogP contribution in [0.5, 0.6) is 5.75 Å². The number of aliphatic hydroxyl groups is 9. The molecule has 0 radical (unpaired) electrons. The molecule has 1 saturated heterocycles. The molecule has 2 aromatic rings. The predicted octanol–water partition coefficient (Wildman–Crippen LogP) is -2.62. The van der Waals surface area contributed by atoms with Crippen LogP contribution in [0.3, 0.4) is 0 Å². The number of aromatic amines is 1. The minimum absolute atomic E-state index is 0.0258. The summed E-state index contributed by atoms with van der Waals surface area (Å²) in [4.78, 5) is 12.9. The molecule has 0 aliphatic carbocycles. The lowest BCUT2D eigenvalue weighted by Gasteiger charge is -2.39. The minimum Gasteiger partial charge on any atom is -0.460 e. The Balaban J connectivity index is 0.000000307. The number of aldehydes is 1. The number of fused-ring (bicyclic) bond motifs is 1. The molecule has 0 spiro atoms. The first-order chi connectivity index (χ1) is 16.5. The molecule has 0 amide bonds. The number of aromatic nitrogens is 1. The van der Waals surface area contributed by atoms with Gasteiger partial charge in [-0.25, -0.2) is 0 Å². The number of H-pyrrole nitrogens is 1. The van der Waals surface area contributed by atoms with Crippen LogP contribution in [-0.4, -0.2) is 126 Å². The first-order valence-electron chi connectivity index (χ1n) is 10.2. The van der Waals surface area contributed by atoms with Crippen molar-refractivity contribution in [3.63, 3.8) is 0 Å². The maximum atomic E-state index is 10.0. The Morgan fingerprint density at radius 1 is 1.09 bits per heavy atom. The zero-order valence-electron chi connectivity index (χ0n) is 17.9. The van der Waals surface area contributed by atoms with Gasteiger partial charge >= 0.3 is 0 Å². The molecule has 35 heavy (non-hydrogen) atoms. The third-order valence-corrected chi connectivity index (χ3v) is 6.49. The fraction of sp³-hybridized carbons (Fsp3) is 0.550. The molecule has 1 aliphatic heterocycles. The number of hydrogen-bond donors (Lipinski definition) is 10. The molecule has 3 rings (SSSR count). The van der Waals surface area contributed by atoms with E-state index in [9.17, 15) is 25.2 Å². The molecule has 1 fully saturated rings. The molecule has 0 bridgehead atoms. The van der Waals surface area contributed by atoms with Crippen molar-refractivity contribution in [1.29, 1.82) is 0 Å². The van der Waals surface area contributed by atoms with E-state index in [0.717, 1.165) is 5.52 Å². The number of rotatable bonds is 8. The highest BCUT2D eigenvalue weighted by Gasteiger charge is 2.45. The lowest BCUT2D eigenvalue weighted by Crippen LogP contribution is -2.60. The molecule has 0 saturated carbocycles. The van der Waals surface area contributed by atoms with Crippen LogP contribution in [0.4, 0.5) is 0 Å². The number of ether oxygens (including phenoxy) is 2. The van der Waals surface area contributed by atoms with Crippen LogP contribution in [0, 0.1) is 0 Å². The van der Waals surface area contributed by atoms with E-state index >= 15 is 0 Å². The summed E-state index contributed by atoms with van der Waals surface area (Å²) in [7, 11) is 0. The highest BCUT2D eigenvalue weighted by Crippen LogP contribution is 2.38. The molecule has 198 valence electrons. The van der Waals surface area contributed by atoms with E-state index in [1.807, 2.05) is 0 Å². The van der Waals surface area contributed by atoms with Crippen molar-refractivity contribution < 1.29 is 60.2 Å². The van der Waals surface area contributed by atoms with Gasteiger partial charge in [-0.2, -0.15) is 0 Å². The minimum atomic E-state index is -1.79. The quantitative estimate of drug-likeness (QED) is 0.143. The highest BCUT2D eigenvalue weighted by atomic mass is 79.9. The number of carbonyl (C=O) groups excluding carboxylic acids is 1. The van der Waals surface area contributed by atoms with Gasteiger partial charge in [0.05, 0.1) is 29.1 Å². The number of benzene rings is 1. The van der Waals surface area contributed by atoms with Crippen LogP contribution in [0.1, 0.15) is 0 Å². The van der Waals surface area contributed by atoms with Gasteiger partial charge in [-0.05, 0) is 28.1 Å². The summed E-state index contributed by atoms with van der Waals surface area (Å²) in [5.74, 6) is 0.315. The van der Waals surface area contributed by atoms with Gasteiger partial charge in [-0.15, -0.1) is 0 Å². The van der Waals surface area contributed by atoms with E-state index in [-0.39, 0.29) is 6.29 Å². The van der Waals surface area contributed by atoms with Crippen LogP contribution < -0.4 is 4.74 Å². The van der Waals surface area contributed by atoms with Crippen molar-refractivity contribution in [2.45, 2.75) is 55.1 Å². The van der Waals surface area contributed by atoms with Gasteiger partial charge in [0.15, 0.2) is 6.29 Å². The summed E-state index contributed by atoms with van der Waals surface area (Å²) in [6, 6.07) is 3.57.